The Morgan fingerprint density at radius 3 is 2.00 bits per heavy atom. The van der Waals surface area contributed by atoms with Gasteiger partial charge in [0, 0.05) is 27.7 Å². The van der Waals surface area contributed by atoms with Crippen molar-refractivity contribution in [1.29, 1.82) is 5.26 Å². The topological polar surface area (TPSA) is 59.4 Å². The van der Waals surface area contributed by atoms with Crippen LogP contribution in [0.15, 0.2) is 115 Å². The minimum absolute atomic E-state index is 0. The van der Waals surface area contributed by atoms with Crippen LogP contribution in [0, 0.1) is 23.5 Å². The Morgan fingerprint density at radius 1 is 0.659 bits per heavy atom. The van der Waals surface area contributed by atoms with E-state index in [4.69, 9.17) is 4.98 Å². The zero-order valence-electron chi connectivity index (χ0n) is 21.5. The van der Waals surface area contributed by atoms with Gasteiger partial charge in [0.25, 0.3) is 0 Å². The number of rotatable bonds is 3. The summed E-state index contributed by atoms with van der Waals surface area (Å²) in [5.74, 6) is 0.750. The zero-order chi connectivity index (χ0) is 26.6. The summed E-state index contributed by atoms with van der Waals surface area (Å²) >= 11 is 0. The molecule has 0 N–H and O–H groups in total. The fourth-order valence-corrected chi connectivity index (χ4v) is 5.76. The van der Waals surface area contributed by atoms with E-state index < -0.39 is 0 Å². The van der Waals surface area contributed by atoms with E-state index in [-0.39, 0.29) is 21.1 Å². The van der Waals surface area contributed by atoms with Crippen LogP contribution in [0.25, 0.3) is 66.5 Å². The van der Waals surface area contributed by atoms with Crippen molar-refractivity contribution in [3.8, 4) is 28.7 Å². The number of hydrogen-bond donors (Lipinski definition) is 0. The SMILES string of the molecule is N#Cc1c2c3ccccc3n(-c3[c-]c(-c4[c-]cccc4)ccc3)c2nc2c1c1ccccc1n2-c1ccccn1.[Pt+2]. The first kappa shape index (κ1) is 25.0. The maximum atomic E-state index is 10.7. The monoisotopic (exact) mass is 704 g/mol. The van der Waals surface area contributed by atoms with Gasteiger partial charge in [0.1, 0.15) is 17.5 Å². The average Bonchev–Trinajstić information content (AvgIpc) is 3.54. The molecule has 0 fully saturated rings. The second-order valence-electron chi connectivity index (χ2n) is 9.61. The summed E-state index contributed by atoms with van der Waals surface area (Å²) in [6.07, 6.45) is 1.78. The van der Waals surface area contributed by atoms with Crippen molar-refractivity contribution in [1.82, 2.24) is 19.1 Å². The molecule has 0 amide bonds. The number of hydrogen-bond acceptors (Lipinski definition) is 3. The molecule has 4 heterocycles. The third kappa shape index (κ3) is 3.73. The van der Waals surface area contributed by atoms with Crippen LogP contribution in [0.2, 0.25) is 0 Å². The van der Waals surface area contributed by atoms with Gasteiger partial charge >= 0.3 is 21.1 Å². The number of nitrogens with zero attached hydrogens (tertiary/aromatic N) is 5. The van der Waals surface area contributed by atoms with E-state index in [0.29, 0.717) is 16.9 Å². The number of fused-ring (bicyclic) bond motifs is 6. The molecule has 0 spiro atoms. The molecule has 8 rings (SSSR count). The first-order valence-electron chi connectivity index (χ1n) is 13.0. The molecular formula is C35H19N5Pt. The standard InChI is InChI=1S/C35H19N5.Pt/c36-22-28-32-26-15-4-6-17-29(26)39(25-14-10-13-24(21-25)23-11-2-1-3-12-23)34(32)38-35-33(28)27-16-5-7-18-30(27)40(35)31-19-8-9-20-37-31;/h1-11,13-20H;/q-2;+2. The van der Waals surface area contributed by atoms with Crippen molar-refractivity contribution in [3.63, 3.8) is 0 Å². The minimum atomic E-state index is 0. The smallest absolute Gasteiger partial charge is 0.313 e. The summed E-state index contributed by atoms with van der Waals surface area (Å²) in [6, 6.07) is 45.5. The van der Waals surface area contributed by atoms with Crippen molar-refractivity contribution in [2.75, 3.05) is 0 Å². The van der Waals surface area contributed by atoms with Crippen molar-refractivity contribution >= 4 is 43.9 Å². The van der Waals surface area contributed by atoms with Gasteiger partial charge in [-0.2, -0.15) is 47.7 Å². The molecule has 4 aromatic carbocycles. The van der Waals surface area contributed by atoms with Crippen LogP contribution in [0.4, 0.5) is 0 Å². The second-order valence-corrected chi connectivity index (χ2v) is 9.61. The van der Waals surface area contributed by atoms with E-state index in [1.807, 2.05) is 89.5 Å². The van der Waals surface area contributed by atoms with Gasteiger partial charge in [-0.3, -0.25) is 4.57 Å². The molecule has 8 aromatic rings. The van der Waals surface area contributed by atoms with E-state index >= 15 is 0 Å². The summed E-state index contributed by atoms with van der Waals surface area (Å²) in [7, 11) is 0. The van der Waals surface area contributed by atoms with E-state index in [1.54, 1.807) is 6.20 Å². The predicted molar refractivity (Wildman–Crippen MR) is 159 cm³/mol. The van der Waals surface area contributed by atoms with Crippen molar-refractivity contribution in [2.45, 2.75) is 0 Å². The molecule has 6 heteroatoms. The number of para-hydroxylation sites is 2. The third-order valence-electron chi connectivity index (χ3n) is 7.42. The van der Waals surface area contributed by atoms with Crippen molar-refractivity contribution < 1.29 is 21.1 Å². The normalized spacial score (nSPS) is 11.2. The van der Waals surface area contributed by atoms with Crippen LogP contribution >= 0.6 is 0 Å². The van der Waals surface area contributed by atoms with E-state index in [0.717, 1.165) is 55.2 Å². The second kappa shape index (κ2) is 9.85. The molecule has 5 nitrogen and oxygen atoms in total. The molecule has 0 radical (unpaired) electrons. The van der Waals surface area contributed by atoms with Crippen molar-refractivity contribution in [2.24, 2.45) is 0 Å². The molecule has 0 unspecified atom stereocenters. The van der Waals surface area contributed by atoms with Gasteiger partial charge in [0.05, 0.1) is 16.6 Å². The van der Waals surface area contributed by atoms with Gasteiger partial charge in [-0.05, 0) is 30.0 Å². The molecule has 4 aromatic heterocycles. The number of aromatic nitrogens is 4. The van der Waals surface area contributed by atoms with Gasteiger partial charge in [-0.1, -0.05) is 42.5 Å². The van der Waals surface area contributed by atoms with Gasteiger partial charge in [-0.25, -0.2) is 21.1 Å². The van der Waals surface area contributed by atoms with Crippen molar-refractivity contribution in [3.05, 3.63) is 133 Å². The Kier molecular flexibility index (Phi) is 6.00. The maximum absolute atomic E-state index is 10.7. The van der Waals surface area contributed by atoms with Gasteiger partial charge in [0.15, 0.2) is 5.65 Å². The predicted octanol–water partition coefficient (Wildman–Crippen LogP) is 7.81. The Hall–Kier alpha value is -5.04. The van der Waals surface area contributed by atoms with E-state index in [9.17, 15) is 5.26 Å². The van der Waals surface area contributed by atoms with Crippen LogP contribution in [-0.2, 0) is 21.1 Å². The molecule has 0 saturated heterocycles. The maximum Gasteiger partial charge on any atom is 2.00 e. The number of nitriles is 1. The largest absolute Gasteiger partial charge is 2.00 e. The average molecular weight is 705 g/mol. The van der Waals surface area contributed by atoms with Crippen LogP contribution in [0.1, 0.15) is 5.56 Å². The summed E-state index contributed by atoms with van der Waals surface area (Å²) in [5.41, 5.74) is 6.67. The zero-order valence-corrected chi connectivity index (χ0v) is 23.8. The van der Waals surface area contributed by atoms with Crippen LogP contribution in [0.5, 0.6) is 0 Å². The minimum Gasteiger partial charge on any atom is -0.313 e. The molecule has 0 bridgehead atoms. The molecule has 41 heavy (non-hydrogen) atoms. The first-order chi connectivity index (χ1) is 19.8. The Bertz CT molecular complexity index is 2280. The van der Waals surface area contributed by atoms with Crippen LogP contribution in [-0.4, -0.2) is 19.1 Å². The van der Waals surface area contributed by atoms with E-state index in [2.05, 4.69) is 52.0 Å². The van der Waals surface area contributed by atoms with E-state index in [1.165, 1.54) is 0 Å². The van der Waals surface area contributed by atoms with Gasteiger partial charge in [-0.15, -0.1) is 12.1 Å². The molecular weight excluding hydrogens is 685 g/mol. The molecule has 0 saturated carbocycles. The Balaban J connectivity index is 0.00000276. The Labute approximate surface area is 250 Å². The summed E-state index contributed by atoms with van der Waals surface area (Å²) in [6.45, 7) is 0. The molecule has 0 atom stereocenters. The first-order valence-corrected chi connectivity index (χ1v) is 13.0. The fraction of sp³-hybridized carbons (Fsp3) is 0. The Morgan fingerprint density at radius 2 is 1.32 bits per heavy atom. The third-order valence-corrected chi connectivity index (χ3v) is 7.42. The van der Waals surface area contributed by atoms with Crippen LogP contribution < -0.4 is 0 Å². The molecule has 0 aliphatic carbocycles. The summed E-state index contributed by atoms with van der Waals surface area (Å²) < 4.78 is 4.16. The summed E-state index contributed by atoms with van der Waals surface area (Å²) in [5, 5.41) is 14.3. The summed E-state index contributed by atoms with van der Waals surface area (Å²) in [4.78, 5) is 9.97. The fourth-order valence-electron chi connectivity index (χ4n) is 5.76. The van der Waals surface area contributed by atoms with Crippen LogP contribution in [0.3, 0.4) is 0 Å². The number of pyridine rings is 2. The molecule has 0 aliphatic rings. The molecule has 194 valence electrons. The van der Waals surface area contributed by atoms with Gasteiger partial charge < -0.3 is 4.57 Å². The number of benzene rings is 4. The quantitative estimate of drug-likeness (QED) is 0.177. The van der Waals surface area contributed by atoms with Gasteiger partial charge in [0.2, 0.25) is 0 Å². The molecule has 0 aliphatic heterocycles.